The molecular weight excluding hydrogens is 314 g/mol. The van der Waals surface area contributed by atoms with Crippen LogP contribution in [0.3, 0.4) is 0 Å². The maximum atomic E-state index is 11.9. The summed E-state index contributed by atoms with van der Waals surface area (Å²) in [6, 6.07) is 0.580. The predicted molar refractivity (Wildman–Crippen MR) is 104 cm³/mol. The van der Waals surface area contributed by atoms with Gasteiger partial charge >= 0.3 is 0 Å². The van der Waals surface area contributed by atoms with Crippen LogP contribution in [0.5, 0.6) is 0 Å². The Hall–Kier alpha value is -1.30. The summed E-state index contributed by atoms with van der Waals surface area (Å²) in [6.07, 6.45) is 9.21. The number of aliphatic imine (C=N–C) groups is 1. The van der Waals surface area contributed by atoms with E-state index in [0.717, 1.165) is 31.5 Å². The second kappa shape index (κ2) is 10.6. The summed E-state index contributed by atoms with van der Waals surface area (Å²) in [7, 11) is 3.55. The number of amides is 1. The van der Waals surface area contributed by atoms with Gasteiger partial charge in [0.05, 0.1) is 0 Å². The maximum absolute atomic E-state index is 11.9. The van der Waals surface area contributed by atoms with Gasteiger partial charge in [0.15, 0.2) is 5.96 Å². The standard InChI is InChI=1S/C19H37N5O/c1-4-24-12-8-11-17(24)14-21-19(22-15-18(25)23(2)3)20-13-16-9-6-5-7-10-16/h16-17H,4-15H2,1-3H3,(H2,20,21,22). The molecule has 1 unspecified atom stereocenters. The first kappa shape index (κ1) is 20.0. The van der Waals surface area contributed by atoms with E-state index in [2.05, 4.69) is 27.4 Å². The zero-order valence-electron chi connectivity index (χ0n) is 16.4. The normalized spacial score (nSPS) is 22.8. The van der Waals surface area contributed by atoms with E-state index in [1.54, 1.807) is 19.0 Å². The third kappa shape index (κ3) is 6.84. The number of nitrogens with zero attached hydrogens (tertiary/aromatic N) is 3. The van der Waals surface area contributed by atoms with Gasteiger partial charge < -0.3 is 15.5 Å². The van der Waals surface area contributed by atoms with Crippen molar-refractivity contribution >= 4 is 11.9 Å². The Kier molecular flexibility index (Phi) is 8.52. The second-order valence-electron chi connectivity index (χ2n) is 7.64. The largest absolute Gasteiger partial charge is 0.356 e. The molecule has 1 saturated heterocycles. The molecule has 1 heterocycles. The highest BCUT2D eigenvalue weighted by molar-refractivity contribution is 5.84. The number of likely N-dealkylation sites (tertiary alicyclic amines) is 1. The first-order valence-corrected chi connectivity index (χ1v) is 10.1. The minimum atomic E-state index is 0.0369. The Morgan fingerprint density at radius 1 is 1.08 bits per heavy atom. The number of rotatable bonds is 7. The average molecular weight is 352 g/mol. The Balaban J connectivity index is 1.86. The Morgan fingerprint density at radius 2 is 1.80 bits per heavy atom. The van der Waals surface area contributed by atoms with Crippen molar-refractivity contribution in [2.24, 2.45) is 10.9 Å². The molecule has 1 aliphatic heterocycles. The van der Waals surface area contributed by atoms with Crippen molar-refractivity contribution < 1.29 is 4.79 Å². The van der Waals surface area contributed by atoms with Crippen LogP contribution in [-0.2, 0) is 4.79 Å². The molecule has 0 aromatic heterocycles. The first-order valence-electron chi connectivity index (χ1n) is 10.1. The molecule has 1 atom stereocenters. The summed E-state index contributed by atoms with van der Waals surface area (Å²) in [4.78, 5) is 20.5. The molecule has 2 aliphatic rings. The molecule has 6 nitrogen and oxygen atoms in total. The number of carbonyl (C=O) groups excluding carboxylic acids is 1. The van der Waals surface area contributed by atoms with Crippen molar-refractivity contribution in [2.45, 2.75) is 57.9 Å². The first-order chi connectivity index (χ1) is 12.1. The minimum absolute atomic E-state index is 0.0369. The average Bonchev–Trinajstić information content (AvgIpc) is 3.09. The Morgan fingerprint density at radius 3 is 2.48 bits per heavy atom. The van der Waals surface area contributed by atoms with Gasteiger partial charge in [0.25, 0.3) is 0 Å². The van der Waals surface area contributed by atoms with Gasteiger partial charge in [-0.25, -0.2) is 4.99 Å². The van der Waals surface area contributed by atoms with E-state index in [1.165, 1.54) is 51.5 Å². The molecule has 0 bridgehead atoms. The number of likely N-dealkylation sites (N-methyl/N-ethyl adjacent to an activating group) is 2. The monoisotopic (exact) mass is 351 g/mol. The number of hydrogen-bond acceptors (Lipinski definition) is 3. The molecule has 1 aliphatic carbocycles. The van der Waals surface area contributed by atoms with Gasteiger partial charge in [0.2, 0.25) is 5.91 Å². The molecule has 25 heavy (non-hydrogen) atoms. The fourth-order valence-corrected chi connectivity index (χ4v) is 3.85. The van der Waals surface area contributed by atoms with Crippen molar-refractivity contribution in [1.29, 1.82) is 0 Å². The van der Waals surface area contributed by atoms with Crippen LogP contribution in [0.25, 0.3) is 0 Å². The van der Waals surface area contributed by atoms with E-state index in [-0.39, 0.29) is 12.5 Å². The maximum Gasteiger partial charge on any atom is 0.243 e. The molecule has 0 aromatic carbocycles. The Bertz CT molecular complexity index is 432. The highest BCUT2D eigenvalue weighted by Crippen LogP contribution is 2.22. The quantitative estimate of drug-likeness (QED) is 0.541. The highest BCUT2D eigenvalue weighted by Gasteiger charge is 2.23. The van der Waals surface area contributed by atoms with E-state index < -0.39 is 0 Å². The van der Waals surface area contributed by atoms with Crippen LogP contribution >= 0.6 is 0 Å². The predicted octanol–water partition coefficient (Wildman–Crippen LogP) is 1.67. The molecule has 1 amide bonds. The lowest BCUT2D eigenvalue weighted by atomic mass is 9.89. The number of hydrogen-bond donors (Lipinski definition) is 2. The van der Waals surface area contributed by atoms with Crippen LogP contribution in [0, 0.1) is 5.92 Å². The summed E-state index contributed by atoms with van der Waals surface area (Å²) in [5.41, 5.74) is 0. The number of nitrogens with one attached hydrogen (secondary N) is 2. The fourth-order valence-electron chi connectivity index (χ4n) is 3.85. The molecule has 6 heteroatoms. The summed E-state index contributed by atoms with van der Waals surface area (Å²) < 4.78 is 0. The SMILES string of the molecule is CCN1CCCC1CNC(=NCC(=O)N(C)C)NCC1CCCCC1. The van der Waals surface area contributed by atoms with Gasteiger partial charge in [0.1, 0.15) is 6.54 Å². The van der Waals surface area contributed by atoms with Crippen LogP contribution in [0.15, 0.2) is 4.99 Å². The summed E-state index contributed by atoms with van der Waals surface area (Å²) in [6.45, 7) is 6.60. The lowest BCUT2D eigenvalue weighted by Crippen LogP contribution is -2.46. The van der Waals surface area contributed by atoms with Gasteiger partial charge in [-0.1, -0.05) is 26.2 Å². The molecule has 144 valence electrons. The van der Waals surface area contributed by atoms with E-state index >= 15 is 0 Å². The van der Waals surface area contributed by atoms with Crippen molar-refractivity contribution in [3.05, 3.63) is 0 Å². The number of carbonyl (C=O) groups is 1. The molecule has 0 radical (unpaired) electrons. The van der Waals surface area contributed by atoms with E-state index in [0.29, 0.717) is 6.04 Å². The van der Waals surface area contributed by atoms with Crippen molar-refractivity contribution in [1.82, 2.24) is 20.4 Å². The topological polar surface area (TPSA) is 60.0 Å². The smallest absolute Gasteiger partial charge is 0.243 e. The van der Waals surface area contributed by atoms with Crippen molar-refractivity contribution in [3.8, 4) is 0 Å². The van der Waals surface area contributed by atoms with Gasteiger partial charge in [-0.3, -0.25) is 9.69 Å². The van der Waals surface area contributed by atoms with Gasteiger partial charge in [-0.05, 0) is 44.7 Å². The summed E-state index contributed by atoms with van der Waals surface area (Å²) in [5.74, 6) is 1.57. The lowest BCUT2D eigenvalue weighted by Gasteiger charge is -2.26. The third-order valence-corrected chi connectivity index (χ3v) is 5.56. The van der Waals surface area contributed by atoms with Crippen molar-refractivity contribution in [3.63, 3.8) is 0 Å². The zero-order valence-corrected chi connectivity index (χ0v) is 16.4. The third-order valence-electron chi connectivity index (χ3n) is 5.56. The Labute approximate surface area is 153 Å². The van der Waals surface area contributed by atoms with Crippen LogP contribution in [0.2, 0.25) is 0 Å². The van der Waals surface area contributed by atoms with E-state index in [4.69, 9.17) is 0 Å². The van der Waals surface area contributed by atoms with Crippen LogP contribution in [0.4, 0.5) is 0 Å². The molecule has 1 saturated carbocycles. The van der Waals surface area contributed by atoms with Gasteiger partial charge in [-0.2, -0.15) is 0 Å². The van der Waals surface area contributed by atoms with Gasteiger partial charge in [-0.15, -0.1) is 0 Å². The second-order valence-corrected chi connectivity index (χ2v) is 7.64. The minimum Gasteiger partial charge on any atom is -0.356 e. The zero-order chi connectivity index (χ0) is 18.1. The highest BCUT2D eigenvalue weighted by atomic mass is 16.2. The van der Waals surface area contributed by atoms with Crippen LogP contribution < -0.4 is 10.6 Å². The van der Waals surface area contributed by atoms with Crippen molar-refractivity contribution in [2.75, 3.05) is 46.8 Å². The van der Waals surface area contributed by atoms with E-state index in [9.17, 15) is 4.79 Å². The summed E-state index contributed by atoms with van der Waals surface area (Å²) in [5, 5.41) is 6.98. The molecule has 2 N–H and O–H groups in total. The molecular formula is C19H37N5O. The van der Waals surface area contributed by atoms with Gasteiger partial charge in [0, 0.05) is 33.2 Å². The van der Waals surface area contributed by atoms with Crippen LogP contribution in [0.1, 0.15) is 51.9 Å². The summed E-state index contributed by atoms with van der Waals surface area (Å²) >= 11 is 0. The molecule has 0 spiro atoms. The van der Waals surface area contributed by atoms with E-state index in [1.807, 2.05) is 0 Å². The molecule has 2 rings (SSSR count). The molecule has 2 fully saturated rings. The molecule has 0 aromatic rings. The lowest BCUT2D eigenvalue weighted by molar-refractivity contribution is -0.127. The van der Waals surface area contributed by atoms with Crippen LogP contribution in [-0.4, -0.2) is 74.5 Å². The number of guanidine groups is 1. The fraction of sp³-hybridized carbons (Fsp3) is 0.895.